The second kappa shape index (κ2) is 8.55. The van der Waals surface area contributed by atoms with Gasteiger partial charge in [0.1, 0.15) is 11.4 Å². The van der Waals surface area contributed by atoms with Gasteiger partial charge in [0.15, 0.2) is 0 Å². The molecule has 3 N–H and O–H groups in total. The largest absolute Gasteiger partial charge is 0.495 e. The second-order valence-electron chi connectivity index (χ2n) is 8.13. The summed E-state index contributed by atoms with van der Waals surface area (Å²) in [6.07, 6.45) is -0.635. The van der Waals surface area contributed by atoms with Gasteiger partial charge >= 0.3 is 6.09 Å². The van der Waals surface area contributed by atoms with Crippen LogP contribution in [0.4, 0.5) is 27.5 Å². The van der Waals surface area contributed by atoms with Crippen LogP contribution in [0.2, 0.25) is 0 Å². The van der Waals surface area contributed by atoms with E-state index in [1.165, 1.54) is 7.11 Å². The fourth-order valence-corrected chi connectivity index (χ4v) is 3.10. The van der Waals surface area contributed by atoms with Crippen LogP contribution in [0.3, 0.4) is 0 Å². The average molecular weight is 426 g/mol. The Morgan fingerprint density at radius 3 is 2.52 bits per heavy atom. The van der Waals surface area contributed by atoms with Crippen molar-refractivity contribution in [3.8, 4) is 5.75 Å². The number of nitrogens with zero attached hydrogens (tertiary/aromatic N) is 1. The molecule has 9 nitrogen and oxygen atoms in total. The zero-order valence-corrected chi connectivity index (χ0v) is 18.2. The Morgan fingerprint density at radius 1 is 1.10 bits per heavy atom. The highest BCUT2D eigenvalue weighted by atomic mass is 16.6. The van der Waals surface area contributed by atoms with Gasteiger partial charge in [-0.1, -0.05) is 0 Å². The van der Waals surface area contributed by atoms with Crippen molar-refractivity contribution < 1.29 is 23.9 Å². The van der Waals surface area contributed by atoms with E-state index in [2.05, 4.69) is 16.0 Å². The van der Waals surface area contributed by atoms with Gasteiger partial charge in [0, 0.05) is 18.3 Å². The van der Waals surface area contributed by atoms with Crippen molar-refractivity contribution in [1.29, 1.82) is 0 Å². The molecule has 3 rings (SSSR count). The Kier molecular flexibility index (Phi) is 6.05. The lowest BCUT2D eigenvalue weighted by atomic mass is 10.1. The minimum Gasteiger partial charge on any atom is -0.495 e. The summed E-state index contributed by atoms with van der Waals surface area (Å²) in [5.74, 6) is -0.0809. The lowest BCUT2D eigenvalue weighted by Gasteiger charge is -2.27. The molecule has 1 heterocycles. The Bertz CT molecular complexity index is 1030. The van der Waals surface area contributed by atoms with Gasteiger partial charge in [-0.15, -0.1) is 0 Å². The normalized spacial score (nSPS) is 13.1. The molecule has 31 heavy (non-hydrogen) atoms. The van der Waals surface area contributed by atoms with Gasteiger partial charge in [0.2, 0.25) is 5.91 Å². The van der Waals surface area contributed by atoms with E-state index in [4.69, 9.17) is 9.47 Å². The highest BCUT2D eigenvalue weighted by molar-refractivity contribution is 6.08. The molecular formula is C22H26N4O5. The quantitative estimate of drug-likeness (QED) is 0.688. The van der Waals surface area contributed by atoms with Crippen molar-refractivity contribution in [2.75, 3.05) is 41.6 Å². The number of benzene rings is 2. The van der Waals surface area contributed by atoms with Crippen molar-refractivity contribution in [3.63, 3.8) is 0 Å². The van der Waals surface area contributed by atoms with E-state index in [0.29, 0.717) is 28.4 Å². The maximum Gasteiger partial charge on any atom is 0.412 e. The fourth-order valence-electron chi connectivity index (χ4n) is 3.10. The van der Waals surface area contributed by atoms with Crippen molar-refractivity contribution in [3.05, 3.63) is 42.0 Å². The van der Waals surface area contributed by atoms with Crippen LogP contribution in [-0.4, -0.2) is 44.2 Å². The lowest BCUT2D eigenvalue weighted by molar-refractivity contribution is -0.115. The first-order valence-corrected chi connectivity index (χ1v) is 9.70. The van der Waals surface area contributed by atoms with Crippen LogP contribution in [0, 0.1) is 0 Å². The maximum absolute atomic E-state index is 12.8. The molecule has 0 aromatic heterocycles. The number of carbonyl (C=O) groups is 3. The molecule has 0 radical (unpaired) electrons. The number of carbonyl (C=O) groups excluding carboxylic acids is 3. The van der Waals surface area contributed by atoms with Crippen LogP contribution >= 0.6 is 0 Å². The first-order valence-electron chi connectivity index (χ1n) is 9.70. The number of nitrogens with one attached hydrogen (secondary N) is 3. The molecule has 0 fully saturated rings. The van der Waals surface area contributed by atoms with Crippen LogP contribution in [0.1, 0.15) is 31.1 Å². The van der Waals surface area contributed by atoms with Crippen molar-refractivity contribution in [2.24, 2.45) is 0 Å². The summed E-state index contributed by atoms with van der Waals surface area (Å²) in [6, 6.07) is 9.96. The number of likely N-dealkylation sites (N-methyl/N-ethyl adjacent to an activating group) is 1. The number of fused-ring (bicyclic) bond motifs is 1. The van der Waals surface area contributed by atoms with E-state index >= 15 is 0 Å². The SMILES string of the molecule is COc1ccc(NC(=O)c2ccc3c(c2)NC(=O)CN3C)cc1NC(=O)OC(C)(C)C. The number of hydrogen-bond acceptors (Lipinski definition) is 6. The zero-order valence-electron chi connectivity index (χ0n) is 18.2. The van der Waals surface area contributed by atoms with Crippen molar-refractivity contribution in [1.82, 2.24) is 0 Å². The van der Waals surface area contributed by atoms with Crippen LogP contribution in [0.25, 0.3) is 0 Å². The average Bonchev–Trinajstić information content (AvgIpc) is 2.66. The summed E-state index contributed by atoms with van der Waals surface area (Å²) >= 11 is 0. The lowest BCUT2D eigenvalue weighted by Crippen LogP contribution is -2.35. The predicted molar refractivity (Wildman–Crippen MR) is 119 cm³/mol. The molecule has 3 amide bonds. The van der Waals surface area contributed by atoms with Gasteiger partial charge in [-0.3, -0.25) is 14.9 Å². The summed E-state index contributed by atoms with van der Waals surface area (Å²) in [6.45, 7) is 5.55. The molecule has 0 aliphatic carbocycles. The third-order valence-corrected chi connectivity index (χ3v) is 4.42. The predicted octanol–water partition coefficient (Wildman–Crippen LogP) is 3.68. The maximum atomic E-state index is 12.8. The summed E-state index contributed by atoms with van der Waals surface area (Å²) in [7, 11) is 3.29. The van der Waals surface area contributed by atoms with Crippen LogP contribution < -0.4 is 25.6 Å². The van der Waals surface area contributed by atoms with E-state index in [0.717, 1.165) is 5.69 Å². The first-order chi connectivity index (χ1) is 14.6. The molecule has 1 aliphatic rings. The van der Waals surface area contributed by atoms with E-state index in [1.807, 2.05) is 11.9 Å². The summed E-state index contributed by atoms with van der Waals surface area (Å²) in [5.41, 5.74) is 1.95. The van der Waals surface area contributed by atoms with Gasteiger partial charge in [-0.25, -0.2) is 4.79 Å². The highest BCUT2D eigenvalue weighted by Crippen LogP contribution is 2.31. The smallest absolute Gasteiger partial charge is 0.412 e. The Labute approximate surface area is 180 Å². The minimum absolute atomic E-state index is 0.138. The Hall–Kier alpha value is -3.75. The number of amides is 3. The molecule has 1 aliphatic heterocycles. The molecule has 0 atom stereocenters. The number of anilines is 4. The van der Waals surface area contributed by atoms with Gasteiger partial charge in [0.05, 0.1) is 30.7 Å². The standard InChI is InChI=1S/C22H26N4O5/c1-22(2,3)31-21(29)25-16-11-14(7-9-18(16)30-5)23-20(28)13-6-8-17-15(10-13)24-19(27)12-26(17)4/h6-11H,12H2,1-5H3,(H,23,28)(H,24,27)(H,25,29). The highest BCUT2D eigenvalue weighted by Gasteiger charge is 2.21. The molecule has 164 valence electrons. The fraction of sp³-hybridized carbons (Fsp3) is 0.318. The van der Waals surface area contributed by atoms with Gasteiger partial charge in [0.25, 0.3) is 5.91 Å². The summed E-state index contributed by atoms with van der Waals surface area (Å²) in [5, 5.41) is 8.19. The number of hydrogen-bond donors (Lipinski definition) is 3. The summed E-state index contributed by atoms with van der Waals surface area (Å²) in [4.78, 5) is 38.5. The third-order valence-electron chi connectivity index (χ3n) is 4.42. The zero-order chi connectivity index (χ0) is 22.8. The number of rotatable bonds is 4. The molecule has 0 saturated carbocycles. The number of methoxy groups -OCH3 is 1. The molecular weight excluding hydrogens is 400 g/mol. The van der Waals surface area contributed by atoms with Crippen LogP contribution in [-0.2, 0) is 9.53 Å². The number of ether oxygens (including phenoxy) is 2. The topological polar surface area (TPSA) is 109 Å². The molecule has 2 aromatic carbocycles. The molecule has 9 heteroatoms. The molecule has 0 saturated heterocycles. The molecule has 0 unspecified atom stereocenters. The van der Waals surface area contributed by atoms with Gasteiger partial charge in [-0.2, -0.15) is 0 Å². The van der Waals surface area contributed by atoms with Crippen molar-refractivity contribution in [2.45, 2.75) is 26.4 Å². The summed E-state index contributed by atoms with van der Waals surface area (Å²) < 4.78 is 10.5. The minimum atomic E-state index is -0.654. The molecule has 2 aromatic rings. The monoisotopic (exact) mass is 426 g/mol. The van der Waals surface area contributed by atoms with E-state index in [9.17, 15) is 14.4 Å². The van der Waals surface area contributed by atoms with Crippen LogP contribution in [0.15, 0.2) is 36.4 Å². The van der Waals surface area contributed by atoms with E-state index < -0.39 is 11.7 Å². The van der Waals surface area contributed by atoms with Crippen LogP contribution in [0.5, 0.6) is 5.75 Å². The third kappa shape index (κ3) is 5.44. The Balaban J connectivity index is 1.78. The van der Waals surface area contributed by atoms with E-state index in [-0.39, 0.29) is 18.4 Å². The molecule has 0 spiro atoms. The van der Waals surface area contributed by atoms with Gasteiger partial charge < -0.3 is 25.0 Å². The first kappa shape index (κ1) is 21.9. The van der Waals surface area contributed by atoms with Crippen molar-refractivity contribution >= 4 is 40.7 Å². The second-order valence-corrected chi connectivity index (χ2v) is 8.13. The molecule has 0 bridgehead atoms. The van der Waals surface area contributed by atoms with Gasteiger partial charge in [-0.05, 0) is 57.2 Å². The van der Waals surface area contributed by atoms with E-state index in [1.54, 1.807) is 57.2 Å². The Morgan fingerprint density at radius 2 is 1.84 bits per heavy atom.